The van der Waals surface area contributed by atoms with Gasteiger partial charge >= 0.3 is 0 Å². The molecule has 2 aliphatic rings. The molecule has 2 fully saturated rings. The third-order valence-electron chi connectivity index (χ3n) is 4.39. The maximum atomic E-state index is 11.8. The fourth-order valence-electron chi connectivity index (χ4n) is 3.49. The zero-order valence-corrected chi connectivity index (χ0v) is 8.96. The fourth-order valence-corrected chi connectivity index (χ4v) is 3.49. The lowest BCUT2D eigenvalue weighted by Gasteiger charge is -2.47. The predicted molar refractivity (Wildman–Crippen MR) is 54.9 cm³/mol. The van der Waals surface area contributed by atoms with E-state index in [2.05, 4.69) is 0 Å². The van der Waals surface area contributed by atoms with Gasteiger partial charge in [-0.15, -0.1) is 0 Å². The topological polar surface area (TPSA) is 37.3 Å². The number of Topliss-reactive ketones (excluding diaryl/α,β-unsaturated/α-hetero) is 1. The monoisotopic (exact) mass is 196 g/mol. The number of fused-ring (bicyclic) bond motifs is 1. The van der Waals surface area contributed by atoms with E-state index in [1.165, 1.54) is 12.8 Å². The van der Waals surface area contributed by atoms with Gasteiger partial charge in [0.25, 0.3) is 0 Å². The maximum absolute atomic E-state index is 11.8. The van der Waals surface area contributed by atoms with Gasteiger partial charge in [0.1, 0.15) is 5.78 Å². The van der Waals surface area contributed by atoms with Crippen LogP contribution < -0.4 is 0 Å². The van der Waals surface area contributed by atoms with Crippen LogP contribution in [0.5, 0.6) is 0 Å². The van der Waals surface area contributed by atoms with Crippen LogP contribution in [0.2, 0.25) is 0 Å². The highest BCUT2D eigenvalue weighted by Gasteiger charge is 2.47. The molecule has 0 saturated heterocycles. The molecule has 2 nitrogen and oxygen atoms in total. The van der Waals surface area contributed by atoms with Crippen LogP contribution in [-0.2, 0) is 4.79 Å². The van der Waals surface area contributed by atoms with Crippen molar-refractivity contribution in [1.82, 2.24) is 0 Å². The predicted octanol–water partition coefficient (Wildman–Crippen LogP) is 2.30. The van der Waals surface area contributed by atoms with E-state index in [0.29, 0.717) is 11.7 Å². The molecule has 0 aromatic carbocycles. The number of rotatable bonds is 1. The Labute approximate surface area is 85.7 Å². The first-order valence-electron chi connectivity index (χ1n) is 5.84. The van der Waals surface area contributed by atoms with E-state index in [-0.39, 0.29) is 11.5 Å². The molecule has 0 radical (unpaired) electrons. The second-order valence-corrected chi connectivity index (χ2v) is 5.08. The van der Waals surface area contributed by atoms with E-state index in [4.69, 9.17) is 0 Å². The summed E-state index contributed by atoms with van der Waals surface area (Å²) in [5.41, 5.74) is -0.0442. The number of aliphatic hydroxyl groups is 1. The lowest BCUT2D eigenvalue weighted by atomic mass is 9.57. The molecule has 0 unspecified atom stereocenters. The first kappa shape index (κ1) is 10.2. The summed E-state index contributed by atoms with van der Waals surface area (Å²) in [7, 11) is 0. The summed E-state index contributed by atoms with van der Waals surface area (Å²) in [5.74, 6) is 0.839. The Morgan fingerprint density at radius 2 is 2.07 bits per heavy atom. The van der Waals surface area contributed by atoms with Gasteiger partial charge in [-0.2, -0.15) is 0 Å². The highest BCUT2D eigenvalue weighted by atomic mass is 16.3. The molecule has 0 bridgehead atoms. The van der Waals surface area contributed by atoms with Crippen molar-refractivity contribution in [1.29, 1.82) is 0 Å². The number of carbonyl (C=O) groups excluding carboxylic acids is 1. The number of carbonyl (C=O) groups is 1. The van der Waals surface area contributed by atoms with Crippen molar-refractivity contribution in [3.8, 4) is 0 Å². The number of hydrogen-bond donors (Lipinski definition) is 1. The lowest BCUT2D eigenvalue weighted by molar-refractivity contribution is -0.137. The van der Waals surface area contributed by atoms with Gasteiger partial charge < -0.3 is 5.11 Å². The third-order valence-corrected chi connectivity index (χ3v) is 4.39. The summed E-state index contributed by atoms with van der Waals surface area (Å²) in [5, 5.41) is 9.63. The summed E-state index contributed by atoms with van der Waals surface area (Å²) in [6.07, 6.45) is 7.13. The van der Waals surface area contributed by atoms with Gasteiger partial charge in [0, 0.05) is 5.41 Å². The smallest absolute Gasteiger partial charge is 0.136 e. The summed E-state index contributed by atoms with van der Waals surface area (Å²) in [6, 6.07) is 0. The number of aliphatic hydroxyl groups excluding tert-OH is 1. The number of hydrogen-bond acceptors (Lipinski definition) is 2. The van der Waals surface area contributed by atoms with Crippen molar-refractivity contribution in [2.75, 3.05) is 0 Å². The van der Waals surface area contributed by atoms with Crippen LogP contribution in [0.1, 0.15) is 51.9 Å². The molecule has 0 amide bonds. The maximum Gasteiger partial charge on any atom is 0.136 e. The van der Waals surface area contributed by atoms with Crippen LogP contribution in [-0.4, -0.2) is 17.0 Å². The van der Waals surface area contributed by atoms with Crippen LogP contribution in [0.25, 0.3) is 0 Å². The molecule has 3 atom stereocenters. The molecule has 0 aromatic heterocycles. The molecule has 0 aromatic rings. The molecule has 1 N–H and O–H groups in total. The van der Waals surface area contributed by atoms with Crippen molar-refractivity contribution in [3.63, 3.8) is 0 Å². The fraction of sp³-hybridized carbons (Fsp3) is 0.917. The molecule has 2 heteroatoms. The van der Waals surface area contributed by atoms with Gasteiger partial charge in [0.15, 0.2) is 0 Å². The summed E-state index contributed by atoms with van der Waals surface area (Å²) in [4.78, 5) is 11.8. The second-order valence-electron chi connectivity index (χ2n) is 5.08. The molecular weight excluding hydrogens is 176 g/mol. The minimum atomic E-state index is -0.148. The molecule has 80 valence electrons. The average Bonchev–Trinajstić information content (AvgIpc) is 2.17. The molecule has 2 aliphatic carbocycles. The molecule has 2 saturated carbocycles. The van der Waals surface area contributed by atoms with Crippen LogP contribution in [0.4, 0.5) is 0 Å². The Morgan fingerprint density at radius 1 is 1.29 bits per heavy atom. The quantitative estimate of drug-likeness (QED) is 0.698. The van der Waals surface area contributed by atoms with E-state index in [9.17, 15) is 9.90 Å². The Bertz CT molecular complexity index is 236. The van der Waals surface area contributed by atoms with E-state index >= 15 is 0 Å². The molecule has 0 aliphatic heterocycles. The second kappa shape index (κ2) is 3.65. The van der Waals surface area contributed by atoms with Gasteiger partial charge in [-0.25, -0.2) is 0 Å². The average molecular weight is 196 g/mol. The van der Waals surface area contributed by atoms with Crippen molar-refractivity contribution in [3.05, 3.63) is 0 Å². The van der Waals surface area contributed by atoms with Gasteiger partial charge in [-0.3, -0.25) is 4.79 Å². The van der Waals surface area contributed by atoms with Crippen molar-refractivity contribution < 1.29 is 9.90 Å². The lowest BCUT2D eigenvalue weighted by Crippen LogP contribution is -2.45. The zero-order chi connectivity index (χ0) is 10.2. The number of ketones is 1. The normalized spacial score (nSPS) is 43.0. The standard InChI is InChI=1S/C12H20O2/c1-9(13)12-6-3-2-4-10(12)8-11(14)5-7-12/h10-11,14H,2-8H2,1H3/t10-,11-,12-/m1/s1. The molecule has 0 spiro atoms. The molecule has 0 heterocycles. The SMILES string of the molecule is CC(=O)[C@]12CCCC[C@@H]1C[C@H](O)CC2. The zero-order valence-electron chi connectivity index (χ0n) is 8.96. The van der Waals surface area contributed by atoms with Gasteiger partial charge in [-0.05, 0) is 44.9 Å². The van der Waals surface area contributed by atoms with E-state index < -0.39 is 0 Å². The van der Waals surface area contributed by atoms with Crippen LogP contribution >= 0.6 is 0 Å². The van der Waals surface area contributed by atoms with Crippen LogP contribution in [0.3, 0.4) is 0 Å². The highest BCUT2D eigenvalue weighted by molar-refractivity contribution is 5.83. The molecular formula is C12H20O2. The minimum Gasteiger partial charge on any atom is -0.393 e. The van der Waals surface area contributed by atoms with E-state index in [0.717, 1.165) is 32.1 Å². The molecule has 2 rings (SSSR count). The first-order valence-corrected chi connectivity index (χ1v) is 5.84. The summed E-state index contributed by atoms with van der Waals surface area (Å²) in [6.45, 7) is 1.75. The van der Waals surface area contributed by atoms with Crippen LogP contribution in [0.15, 0.2) is 0 Å². The Balaban J connectivity index is 2.20. The van der Waals surface area contributed by atoms with Gasteiger partial charge in [-0.1, -0.05) is 12.8 Å². The Morgan fingerprint density at radius 3 is 2.79 bits per heavy atom. The summed E-state index contributed by atoms with van der Waals surface area (Å²) >= 11 is 0. The summed E-state index contributed by atoms with van der Waals surface area (Å²) < 4.78 is 0. The largest absolute Gasteiger partial charge is 0.393 e. The van der Waals surface area contributed by atoms with E-state index in [1.54, 1.807) is 6.92 Å². The van der Waals surface area contributed by atoms with Gasteiger partial charge in [0.2, 0.25) is 0 Å². The Hall–Kier alpha value is -0.370. The van der Waals surface area contributed by atoms with Gasteiger partial charge in [0.05, 0.1) is 6.10 Å². The molecule has 14 heavy (non-hydrogen) atoms. The third kappa shape index (κ3) is 1.50. The first-order chi connectivity index (χ1) is 6.65. The van der Waals surface area contributed by atoms with Crippen molar-refractivity contribution in [2.45, 2.75) is 58.0 Å². The highest BCUT2D eigenvalue weighted by Crippen LogP contribution is 2.50. The van der Waals surface area contributed by atoms with E-state index in [1.807, 2.05) is 0 Å². The minimum absolute atomic E-state index is 0.0442. The van der Waals surface area contributed by atoms with Crippen molar-refractivity contribution >= 4 is 5.78 Å². The van der Waals surface area contributed by atoms with Crippen molar-refractivity contribution in [2.24, 2.45) is 11.3 Å². The van der Waals surface area contributed by atoms with Crippen LogP contribution in [0, 0.1) is 11.3 Å². The Kier molecular flexibility index (Phi) is 2.65.